The second-order valence-corrected chi connectivity index (χ2v) is 3.59. The van der Waals surface area contributed by atoms with E-state index in [2.05, 4.69) is 35.3 Å². The highest BCUT2D eigenvalue weighted by molar-refractivity contribution is 6.06. The molecule has 1 nitrogen and oxygen atoms in total. The third kappa shape index (κ3) is 1.13. The molecular formula is C13H10N-. The van der Waals surface area contributed by atoms with Crippen LogP contribution in [-0.2, 0) is 6.42 Å². The van der Waals surface area contributed by atoms with Gasteiger partial charge in [-0.25, -0.2) is 0 Å². The Hall–Kier alpha value is -1.63. The number of benzene rings is 1. The van der Waals surface area contributed by atoms with Crippen molar-refractivity contribution in [1.82, 2.24) is 0 Å². The zero-order valence-electron chi connectivity index (χ0n) is 7.83. The van der Waals surface area contributed by atoms with Gasteiger partial charge in [0.2, 0.25) is 0 Å². The first kappa shape index (κ1) is 7.74. The zero-order valence-corrected chi connectivity index (χ0v) is 7.83. The first-order valence-corrected chi connectivity index (χ1v) is 4.87. The van der Waals surface area contributed by atoms with Crippen LogP contribution in [0.3, 0.4) is 0 Å². The smallest absolute Gasteiger partial charge is 0.0509 e. The normalized spacial score (nSPS) is 18.0. The number of hydrogen-bond donors (Lipinski definition) is 0. The van der Waals surface area contributed by atoms with Gasteiger partial charge in [0.25, 0.3) is 0 Å². The topological polar surface area (TPSA) is 12.4 Å². The average Bonchev–Trinajstić information content (AvgIpc) is 2.86. The van der Waals surface area contributed by atoms with Crippen molar-refractivity contribution in [3.63, 3.8) is 0 Å². The molecule has 0 N–H and O–H groups in total. The largest absolute Gasteiger partial charge is 0.316 e. The predicted octanol–water partition coefficient (Wildman–Crippen LogP) is 3.00. The van der Waals surface area contributed by atoms with Crippen LogP contribution in [-0.4, -0.2) is 5.71 Å². The zero-order chi connectivity index (χ0) is 9.38. The molecule has 0 aromatic heterocycles. The van der Waals surface area contributed by atoms with Crippen LogP contribution in [0.25, 0.3) is 0 Å². The highest BCUT2D eigenvalue weighted by atomic mass is 14.8. The molecule has 2 aliphatic rings. The van der Waals surface area contributed by atoms with E-state index in [4.69, 9.17) is 0 Å². The summed E-state index contributed by atoms with van der Waals surface area (Å²) in [7, 11) is 0. The van der Waals surface area contributed by atoms with Crippen molar-refractivity contribution in [1.29, 1.82) is 0 Å². The van der Waals surface area contributed by atoms with E-state index in [-0.39, 0.29) is 0 Å². The number of aliphatic imine (C=N–C) groups is 1. The molecule has 0 unspecified atom stereocenters. The number of rotatable bonds is 1. The molecule has 3 rings (SSSR count). The van der Waals surface area contributed by atoms with E-state index in [1.807, 2.05) is 12.1 Å². The molecular weight excluding hydrogens is 170 g/mol. The minimum atomic E-state index is 0.972. The number of fused-ring (bicyclic) bond motifs is 1. The maximum absolute atomic E-state index is 4.61. The standard InChI is InChI=1S/C13H10N/c1-2-6-10(5-1)13-9-11-7-3-4-8-12(11)14-13/h1-4,7-8H,5,9H2/q-1. The maximum atomic E-state index is 4.61. The van der Waals surface area contributed by atoms with E-state index in [9.17, 15) is 0 Å². The quantitative estimate of drug-likeness (QED) is 0.589. The van der Waals surface area contributed by atoms with Crippen molar-refractivity contribution < 1.29 is 0 Å². The maximum Gasteiger partial charge on any atom is 0.0509 e. The van der Waals surface area contributed by atoms with Crippen LogP contribution in [0.2, 0.25) is 0 Å². The van der Waals surface area contributed by atoms with Gasteiger partial charge in [-0.2, -0.15) is 18.2 Å². The molecule has 1 aliphatic carbocycles. The molecule has 1 heteroatoms. The van der Waals surface area contributed by atoms with Gasteiger partial charge in [-0.3, -0.25) is 0 Å². The van der Waals surface area contributed by atoms with Crippen molar-refractivity contribution in [2.24, 2.45) is 4.99 Å². The molecule has 0 saturated carbocycles. The first-order chi connectivity index (χ1) is 6.93. The highest BCUT2D eigenvalue weighted by Crippen LogP contribution is 2.29. The fourth-order valence-electron chi connectivity index (χ4n) is 1.91. The van der Waals surface area contributed by atoms with Gasteiger partial charge in [0, 0.05) is 0 Å². The molecule has 0 spiro atoms. The Bertz CT molecular complexity index is 464. The summed E-state index contributed by atoms with van der Waals surface area (Å²) in [5.41, 5.74) is 4.91. The van der Waals surface area contributed by atoms with Crippen LogP contribution in [0.5, 0.6) is 0 Å². The lowest BCUT2D eigenvalue weighted by atomic mass is 10.0. The van der Waals surface area contributed by atoms with E-state index in [0.717, 1.165) is 18.5 Å². The van der Waals surface area contributed by atoms with Gasteiger partial charge in [-0.15, -0.1) is 5.57 Å². The van der Waals surface area contributed by atoms with Gasteiger partial charge in [-0.1, -0.05) is 24.6 Å². The van der Waals surface area contributed by atoms with E-state index >= 15 is 0 Å². The Labute approximate surface area is 83.5 Å². The SMILES string of the molecule is [C-]1=C(C2=Nc3ccccc3C2)CC=C1. The lowest BCUT2D eigenvalue weighted by Crippen LogP contribution is -2.00. The molecule has 0 saturated heterocycles. The van der Waals surface area contributed by atoms with Crippen molar-refractivity contribution >= 4 is 11.4 Å². The molecule has 1 aromatic rings. The van der Waals surface area contributed by atoms with Crippen LogP contribution in [0.4, 0.5) is 5.69 Å². The van der Waals surface area contributed by atoms with Crippen molar-refractivity contribution in [3.8, 4) is 0 Å². The van der Waals surface area contributed by atoms with Crippen LogP contribution in [0, 0.1) is 6.08 Å². The molecule has 0 amide bonds. The van der Waals surface area contributed by atoms with E-state index in [1.165, 1.54) is 16.8 Å². The van der Waals surface area contributed by atoms with Gasteiger partial charge in [0.15, 0.2) is 0 Å². The van der Waals surface area contributed by atoms with Crippen LogP contribution in [0.15, 0.2) is 47.0 Å². The number of allylic oxidation sites excluding steroid dienone is 4. The Morgan fingerprint density at radius 3 is 2.93 bits per heavy atom. The molecule has 1 aromatic carbocycles. The van der Waals surface area contributed by atoms with Crippen molar-refractivity contribution in [2.75, 3.05) is 0 Å². The van der Waals surface area contributed by atoms with Crippen molar-refractivity contribution in [3.05, 3.63) is 53.6 Å². The van der Waals surface area contributed by atoms with E-state index < -0.39 is 0 Å². The second kappa shape index (κ2) is 2.95. The molecule has 14 heavy (non-hydrogen) atoms. The third-order valence-corrected chi connectivity index (χ3v) is 2.65. The number of nitrogens with zero attached hydrogens (tertiary/aromatic N) is 1. The predicted molar refractivity (Wildman–Crippen MR) is 57.8 cm³/mol. The molecule has 0 atom stereocenters. The summed E-state index contributed by atoms with van der Waals surface area (Å²) in [6, 6.07) is 8.33. The fourth-order valence-corrected chi connectivity index (χ4v) is 1.91. The lowest BCUT2D eigenvalue weighted by molar-refractivity contribution is 1.30. The lowest BCUT2D eigenvalue weighted by Gasteiger charge is -2.07. The van der Waals surface area contributed by atoms with Gasteiger partial charge in [-0.05, 0) is 23.8 Å². The Balaban J connectivity index is 1.95. The molecule has 0 fully saturated rings. The number of hydrogen-bond acceptors (Lipinski definition) is 1. The van der Waals surface area contributed by atoms with Gasteiger partial charge in [0.1, 0.15) is 0 Å². The molecule has 68 valence electrons. The molecule has 0 radical (unpaired) electrons. The summed E-state index contributed by atoms with van der Waals surface area (Å²) in [4.78, 5) is 4.61. The third-order valence-electron chi connectivity index (χ3n) is 2.65. The highest BCUT2D eigenvalue weighted by Gasteiger charge is 2.11. The fraction of sp³-hybridized carbons (Fsp3) is 0.154. The summed E-state index contributed by atoms with van der Waals surface area (Å²) in [5, 5.41) is 0. The minimum Gasteiger partial charge on any atom is -0.316 e. The summed E-state index contributed by atoms with van der Waals surface area (Å²) < 4.78 is 0. The van der Waals surface area contributed by atoms with Crippen LogP contribution < -0.4 is 0 Å². The van der Waals surface area contributed by atoms with Gasteiger partial charge in [0.05, 0.1) is 5.69 Å². The average molecular weight is 180 g/mol. The molecule has 1 aliphatic heterocycles. The molecule has 0 bridgehead atoms. The van der Waals surface area contributed by atoms with Crippen molar-refractivity contribution in [2.45, 2.75) is 12.8 Å². The van der Waals surface area contributed by atoms with Crippen LogP contribution in [0.1, 0.15) is 12.0 Å². The monoisotopic (exact) mass is 180 g/mol. The Kier molecular flexibility index (Phi) is 1.63. The minimum absolute atomic E-state index is 0.972. The van der Waals surface area contributed by atoms with Gasteiger partial charge < -0.3 is 4.99 Å². The number of para-hydroxylation sites is 1. The summed E-state index contributed by atoms with van der Waals surface area (Å²) >= 11 is 0. The van der Waals surface area contributed by atoms with E-state index in [1.54, 1.807) is 0 Å². The molecule has 1 heterocycles. The van der Waals surface area contributed by atoms with Crippen LogP contribution >= 0.6 is 0 Å². The Morgan fingerprint density at radius 1 is 1.21 bits per heavy atom. The van der Waals surface area contributed by atoms with Gasteiger partial charge >= 0.3 is 0 Å². The summed E-state index contributed by atoms with van der Waals surface area (Å²) in [6.07, 6.45) is 9.32. The van der Waals surface area contributed by atoms with E-state index in [0.29, 0.717) is 0 Å². The first-order valence-electron chi connectivity index (χ1n) is 4.87. The second-order valence-electron chi connectivity index (χ2n) is 3.59. The summed E-state index contributed by atoms with van der Waals surface area (Å²) in [6.45, 7) is 0. The summed E-state index contributed by atoms with van der Waals surface area (Å²) in [5.74, 6) is 0. The Morgan fingerprint density at radius 2 is 2.14 bits per heavy atom.